The van der Waals surface area contributed by atoms with Gasteiger partial charge in [0, 0.05) is 10.6 Å². The molecule has 1 aromatic heterocycles. The molecule has 0 aliphatic rings. The molecule has 0 atom stereocenters. The molecule has 2 aromatic carbocycles. The molecular weight excluding hydrogens is 330 g/mol. The van der Waals surface area contributed by atoms with Gasteiger partial charge in [0.25, 0.3) is 5.89 Å². The lowest BCUT2D eigenvalue weighted by Gasteiger charge is -1.98. The lowest BCUT2D eigenvalue weighted by atomic mass is 10.2. The van der Waals surface area contributed by atoms with E-state index in [-0.39, 0.29) is 6.61 Å². The van der Waals surface area contributed by atoms with Gasteiger partial charge in [0.1, 0.15) is 5.75 Å². The van der Waals surface area contributed by atoms with E-state index in [0.29, 0.717) is 16.7 Å². The number of nitrogens with zero attached hydrogens (tertiary/aromatic N) is 3. The van der Waals surface area contributed by atoms with Gasteiger partial charge < -0.3 is 14.1 Å². The van der Waals surface area contributed by atoms with Crippen molar-refractivity contribution in [1.29, 1.82) is 0 Å². The number of rotatable bonds is 6. The standard InChI is InChI=1S/C17H14ClN3O3/c1-22-15-8-4-13(5-9-15)17-20-16(24-21-17)11-23-19-10-12-2-6-14(18)7-3-12/h2-10H,11H2,1H3/b19-10-. The Hall–Kier alpha value is -2.86. The van der Waals surface area contributed by atoms with Crippen molar-refractivity contribution in [3.8, 4) is 17.1 Å². The highest BCUT2D eigenvalue weighted by molar-refractivity contribution is 6.30. The minimum Gasteiger partial charge on any atom is -0.497 e. The van der Waals surface area contributed by atoms with Crippen LogP contribution >= 0.6 is 11.6 Å². The molecule has 0 saturated carbocycles. The second-order valence-electron chi connectivity index (χ2n) is 4.80. The third-order valence-corrected chi connectivity index (χ3v) is 3.40. The fourth-order valence-electron chi connectivity index (χ4n) is 1.91. The van der Waals surface area contributed by atoms with Gasteiger partial charge in [-0.3, -0.25) is 0 Å². The van der Waals surface area contributed by atoms with Crippen molar-refractivity contribution in [1.82, 2.24) is 10.1 Å². The molecule has 122 valence electrons. The SMILES string of the molecule is COc1ccc(-c2noc(CO/N=C\c3ccc(Cl)cc3)n2)cc1. The number of benzene rings is 2. The van der Waals surface area contributed by atoms with Crippen molar-refractivity contribution < 1.29 is 14.1 Å². The number of halogens is 1. The molecule has 0 fully saturated rings. The van der Waals surface area contributed by atoms with Crippen LogP contribution in [0.1, 0.15) is 11.5 Å². The fraction of sp³-hybridized carbons (Fsp3) is 0.118. The number of aromatic nitrogens is 2. The molecule has 7 heteroatoms. The van der Waals surface area contributed by atoms with Gasteiger partial charge in [-0.05, 0) is 42.0 Å². The van der Waals surface area contributed by atoms with Crippen LogP contribution < -0.4 is 4.74 Å². The van der Waals surface area contributed by atoms with Crippen LogP contribution in [0.15, 0.2) is 58.2 Å². The van der Waals surface area contributed by atoms with Gasteiger partial charge in [0.05, 0.1) is 13.3 Å². The van der Waals surface area contributed by atoms with E-state index in [9.17, 15) is 0 Å². The summed E-state index contributed by atoms with van der Waals surface area (Å²) in [5.41, 5.74) is 1.71. The van der Waals surface area contributed by atoms with E-state index in [4.69, 9.17) is 25.7 Å². The Kier molecular flexibility index (Phi) is 5.08. The maximum atomic E-state index is 5.81. The smallest absolute Gasteiger partial charge is 0.267 e. The Morgan fingerprint density at radius 3 is 2.58 bits per heavy atom. The Bertz CT molecular complexity index is 814. The summed E-state index contributed by atoms with van der Waals surface area (Å²) in [5, 5.41) is 8.45. The quantitative estimate of drug-likeness (QED) is 0.500. The van der Waals surface area contributed by atoms with Crippen LogP contribution in [-0.2, 0) is 11.4 Å². The molecule has 0 bridgehead atoms. The topological polar surface area (TPSA) is 69.7 Å². The number of hydrogen-bond donors (Lipinski definition) is 0. The molecular formula is C17H14ClN3O3. The third kappa shape index (κ3) is 4.11. The Morgan fingerprint density at radius 1 is 1.12 bits per heavy atom. The second-order valence-corrected chi connectivity index (χ2v) is 5.24. The number of methoxy groups -OCH3 is 1. The summed E-state index contributed by atoms with van der Waals surface area (Å²) in [6.07, 6.45) is 1.58. The van der Waals surface area contributed by atoms with E-state index in [1.807, 2.05) is 36.4 Å². The maximum Gasteiger partial charge on any atom is 0.267 e. The average Bonchev–Trinajstić information content (AvgIpc) is 3.09. The van der Waals surface area contributed by atoms with Gasteiger partial charge in [-0.1, -0.05) is 34.0 Å². The number of ether oxygens (including phenoxy) is 1. The average molecular weight is 344 g/mol. The molecule has 0 saturated heterocycles. The first kappa shape index (κ1) is 16.0. The predicted octanol–water partition coefficient (Wildman–Crippen LogP) is 3.95. The van der Waals surface area contributed by atoms with Crippen LogP contribution in [0.2, 0.25) is 5.02 Å². The summed E-state index contributed by atoms with van der Waals surface area (Å²) in [4.78, 5) is 9.42. The molecule has 0 unspecified atom stereocenters. The molecule has 0 N–H and O–H groups in total. The van der Waals surface area contributed by atoms with Gasteiger partial charge in [-0.2, -0.15) is 4.98 Å². The molecule has 0 amide bonds. The molecule has 1 heterocycles. The number of oxime groups is 1. The zero-order valence-electron chi connectivity index (χ0n) is 12.8. The van der Waals surface area contributed by atoms with E-state index < -0.39 is 0 Å². The van der Waals surface area contributed by atoms with Crippen molar-refractivity contribution in [2.75, 3.05) is 7.11 Å². The van der Waals surface area contributed by atoms with Crippen LogP contribution in [-0.4, -0.2) is 23.5 Å². The molecule has 0 spiro atoms. The summed E-state index contributed by atoms with van der Waals surface area (Å²) in [6.45, 7) is 0.0905. The summed E-state index contributed by atoms with van der Waals surface area (Å²) in [5.74, 6) is 1.59. The normalized spacial score (nSPS) is 10.9. The highest BCUT2D eigenvalue weighted by atomic mass is 35.5. The van der Waals surface area contributed by atoms with E-state index in [1.165, 1.54) is 0 Å². The Labute approximate surface area is 143 Å². The third-order valence-electron chi connectivity index (χ3n) is 3.15. The van der Waals surface area contributed by atoms with E-state index in [1.54, 1.807) is 25.5 Å². The first-order chi connectivity index (χ1) is 11.7. The zero-order valence-corrected chi connectivity index (χ0v) is 13.6. The van der Waals surface area contributed by atoms with Gasteiger partial charge >= 0.3 is 0 Å². The molecule has 0 aliphatic heterocycles. The molecule has 0 radical (unpaired) electrons. The van der Waals surface area contributed by atoms with Crippen LogP contribution in [0.3, 0.4) is 0 Å². The minimum atomic E-state index is 0.0905. The van der Waals surface area contributed by atoms with Gasteiger partial charge in [0.2, 0.25) is 5.82 Å². The van der Waals surface area contributed by atoms with Crippen LogP contribution in [0.25, 0.3) is 11.4 Å². The molecule has 0 aliphatic carbocycles. The van der Waals surface area contributed by atoms with Crippen LogP contribution in [0.4, 0.5) is 0 Å². The van der Waals surface area contributed by atoms with Crippen molar-refractivity contribution in [2.45, 2.75) is 6.61 Å². The van der Waals surface area contributed by atoms with E-state index >= 15 is 0 Å². The van der Waals surface area contributed by atoms with Crippen LogP contribution in [0.5, 0.6) is 5.75 Å². The Morgan fingerprint density at radius 2 is 1.88 bits per heavy atom. The summed E-state index contributed by atoms with van der Waals surface area (Å²) in [6, 6.07) is 14.6. The van der Waals surface area contributed by atoms with Crippen LogP contribution in [0, 0.1) is 0 Å². The second kappa shape index (κ2) is 7.61. The Balaban J connectivity index is 1.56. The fourth-order valence-corrected chi connectivity index (χ4v) is 2.04. The first-order valence-electron chi connectivity index (χ1n) is 7.12. The van der Waals surface area contributed by atoms with E-state index in [2.05, 4.69) is 15.3 Å². The summed E-state index contributed by atoms with van der Waals surface area (Å²) >= 11 is 5.81. The maximum absolute atomic E-state index is 5.81. The minimum absolute atomic E-state index is 0.0905. The van der Waals surface area contributed by atoms with Crippen molar-refractivity contribution in [2.24, 2.45) is 5.16 Å². The monoisotopic (exact) mass is 343 g/mol. The molecule has 3 rings (SSSR count). The lowest BCUT2D eigenvalue weighted by Crippen LogP contribution is -1.89. The number of hydrogen-bond acceptors (Lipinski definition) is 6. The van der Waals surface area contributed by atoms with Crippen molar-refractivity contribution in [3.05, 3.63) is 65.0 Å². The highest BCUT2D eigenvalue weighted by Gasteiger charge is 2.09. The van der Waals surface area contributed by atoms with Gasteiger partial charge in [-0.15, -0.1) is 0 Å². The highest BCUT2D eigenvalue weighted by Crippen LogP contribution is 2.19. The molecule has 3 aromatic rings. The molecule has 6 nitrogen and oxygen atoms in total. The largest absolute Gasteiger partial charge is 0.497 e. The zero-order chi connectivity index (χ0) is 16.8. The van der Waals surface area contributed by atoms with E-state index in [0.717, 1.165) is 16.9 Å². The van der Waals surface area contributed by atoms with Crippen molar-refractivity contribution in [3.63, 3.8) is 0 Å². The van der Waals surface area contributed by atoms with Gasteiger partial charge in [-0.25, -0.2) is 0 Å². The molecule has 24 heavy (non-hydrogen) atoms. The lowest BCUT2D eigenvalue weighted by molar-refractivity contribution is 0.107. The first-order valence-corrected chi connectivity index (χ1v) is 7.50. The summed E-state index contributed by atoms with van der Waals surface area (Å²) < 4.78 is 10.2. The van der Waals surface area contributed by atoms with Gasteiger partial charge in [0.15, 0.2) is 6.61 Å². The summed E-state index contributed by atoms with van der Waals surface area (Å²) in [7, 11) is 1.61. The van der Waals surface area contributed by atoms with Crippen molar-refractivity contribution >= 4 is 17.8 Å². The predicted molar refractivity (Wildman–Crippen MR) is 90.1 cm³/mol.